The van der Waals surface area contributed by atoms with Gasteiger partial charge in [-0.3, -0.25) is 9.88 Å². The molecular formula is C20H17FN4O4. The van der Waals surface area contributed by atoms with Crippen molar-refractivity contribution < 1.29 is 23.5 Å². The fraction of sp³-hybridized carbons (Fsp3) is 0.250. The van der Waals surface area contributed by atoms with Crippen LogP contribution in [0.1, 0.15) is 5.56 Å². The Labute approximate surface area is 164 Å². The molecule has 2 amide bonds. The molecule has 2 aliphatic heterocycles. The van der Waals surface area contributed by atoms with Crippen molar-refractivity contribution in [1.29, 1.82) is 0 Å². The van der Waals surface area contributed by atoms with E-state index in [1.165, 1.54) is 18.1 Å². The van der Waals surface area contributed by atoms with E-state index >= 15 is 0 Å². The van der Waals surface area contributed by atoms with Crippen molar-refractivity contribution in [2.24, 2.45) is 0 Å². The van der Waals surface area contributed by atoms with Gasteiger partial charge in [-0.25, -0.2) is 14.0 Å². The van der Waals surface area contributed by atoms with Gasteiger partial charge in [0.25, 0.3) is 0 Å². The number of rotatable bonds is 3. The highest BCUT2D eigenvalue weighted by atomic mass is 19.1. The number of carbonyl (C=O) groups is 2. The lowest BCUT2D eigenvalue weighted by molar-refractivity contribution is 0.123. The van der Waals surface area contributed by atoms with Crippen LogP contribution in [0.25, 0.3) is 16.6 Å². The van der Waals surface area contributed by atoms with Crippen LogP contribution < -0.4 is 10.2 Å². The van der Waals surface area contributed by atoms with Crippen molar-refractivity contribution in [3.8, 4) is 5.69 Å². The Morgan fingerprint density at radius 2 is 2.24 bits per heavy atom. The Morgan fingerprint density at radius 1 is 1.38 bits per heavy atom. The van der Waals surface area contributed by atoms with E-state index in [-0.39, 0.29) is 12.6 Å². The summed E-state index contributed by atoms with van der Waals surface area (Å²) in [6.07, 6.45) is 4.09. The molecule has 0 radical (unpaired) electrons. The van der Waals surface area contributed by atoms with Gasteiger partial charge in [0.1, 0.15) is 11.9 Å². The van der Waals surface area contributed by atoms with E-state index in [0.717, 1.165) is 16.5 Å². The van der Waals surface area contributed by atoms with E-state index in [1.54, 1.807) is 23.0 Å². The van der Waals surface area contributed by atoms with Gasteiger partial charge >= 0.3 is 12.2 Å². The summed E-state index contributed by atoms with van der Waals surface area (Å²) < 4.78 is 26.6. The molecule has 8 nitrogen and oxygen atoms in total. The molecule has 1 N–H and O–H groups in total. The number of ether oxygens (including phenoxy) is 2. The zero-order chi connectivity index (χ0) is 20.1. The highest BCUT2D eigenvalue weighted by molar-refractivity contribution is 5.94. The standard InChI is InChI=1S/C20H17FN4O4/c1-28-19(26)23-8-18-17-6-12-5-16(13(21)7-15(12)25(17)20(27)29-18)24-9-11-3-2-4-22-14(11)10-24/h2-5,7,9-10,17-18H,6,8H2,1H3,(H,23,26)/t17-,18-/m0/s1. The molecule has 0 bridgehead atoms. The maximum Gasteiger partial charge on any atom is 0.415 e. The molecule has 0 unspecified atom stereocenters. The molecule has 3 aromatic rings. The number of fused-ring (bicyclic) bond motifs is 4. The van der Waals surface area contributed by atoms with Crippen LogP contribution in [-0.2, 0) is 15.9 Å². The molecule has 2 aromatic heterocycles. The van der Waals surface area contributed by atoms with E-state index in [9.17, 15) is 14.0 Å². The molecule has 0 aliphatic carbocycles. The molecule has 148 valence electrons. The van der Waals surface area contributed by atoms with E-state index < -0.39 is 24.1 Å². The Morgan fingerprint density at radius 3 is 3.03 bits per heavy atom. The van der Waals surface area contributed by atoms with Crippen LogP contribution in [0, 0.1) is 5.82 Å². The van der Waals surface area contributed by atoms with E-state index in [1.807, 2.05) is 18.3 Å². The van der Waals surface area contributed by atoms with Crippen LogP contribution in [0.5, 0.6) is 0 Å². The first-order valence-electron chi connectivity index (χ1n) is 9.12. The average molecular weight is 396 g/mol. The molecule has 2 aliphatic rings. The topological polar surface area (TPSA) is 85.7 Å². The number of pyridine rings is 1. The zero-order valence-corrected chi connectivity index (χ0v) is 15.5. The molecule has 1 aromatic carbocycles. The van der Waals surface area contributed by atoms with Crippen LogP contribution in [0.4, 0.5) is 19.7 Å². The van der Waals surface area contributed by atoms with Gasteiger partial charge in [-0.1, -0.05) is 0 Å². The first-order valence-corrected chi connectivity index (χ1v) is 9.12. The summed E-state index contributed by atoms with van der Waals surface area (Å²) in [7, 11) is 1.26. The summed E-state index contributed by atoms with van der Waals surface area (Å²) in [5.41, 5.74) is 2.50. The third kappa shape index (κ3) is 2.77. The maximum absolute atomic E-state index is 14.9. The number of carbonyl (C=O) groups excluding carboxylic acids is 2. The highest BCUT2D eigenvalue weighted by Crippen LogP contribution is 2.40. The van der Waals surface area contributed by atoms with Crippen molar-refractivity contribution in [1.82, 2.24) is 14.9 Å². The zero-order valence-electron chi connectivity index (χ0n) is 15.5. The van der Waals surface area contributed by atoms with E-state index in [4.69, 9.17) is 4.74 Å². The highest BCUT2D eigenvalue weighted by Gasteiger charge is 2.47. The molecule has 29 heavy (non-hydrogen) atoms. The number of nitrogens with zero attached hydrogens (tertiary/aromatic N) is 3. The van der Waals surface area contributed by atoms with Crippen LogP contribution >= 0.6 is 0 Å². The summed E-state index contributed by atoms with van der Waals surface area (Å²) in [5.74, 6) is -0.450. The molecule has 9 heteroatoms. The molecule has 5 rings (SSSR count). The van der Waals surface area contributed by atoms with Crippen LogP contribution in [0.2, 0.25) is 0 Å². The van der Waals surface area contributed by atoms with Gasteiger partial charge in [0.2, 0.25) is 0 Å². The van der Waals surface area contributed by atoms with Crippen LogP contribution in [-0.4, -0.2) is 47.5 Å². The summed E-state index contributed by atoms with van der Waals surface area (Å²) in [5, 5.41) is 3.46. The summed E-state index contributed by atoms with van der Waals surface area (Å²) in [4.78, 5) is 29.4. The van der Waals surface area contributed by atoms with Crippen LogP contribution in [0.3, 0.4) is 0 Å². The number of hydrogen-bond donors (Lipinski definition) is 1. The van der Waals surface area contributed by atoms with Gasteiger partial charge in [-0.2, -0.15) is 0 Å². The Balaban J connectivity index is 1.47. The van der Waals surface area contributed by atoms with E-state index in [0.29, 0.717) is 17.8 Å². The quantitative estimate of drug-likeness (QED) is 0.736. The monoisotopic (exact) mass is 396 g/mol. The first kappa shape index (κ1) is 17.5. The van der Waals surface area contributed by atoms with Crippen LogP contribution in [0.15, 0.2) is 42.9 Å². The van der Waals surface area contributed by atoms with Gasteiger partial charge in [-0.05, 0) is 30.2 Å². The Hall–Kier alpha value is -3.62. The molecule has 1 saturated heterocycles. The molecule has 0 spiro atoms. The minimum Gasteiger partial charge on any atom is -0.453 e. The van der Waals surface area contributed by atoms with Gasteiger partial charge < -0.3 is 19.4 Å². The van der Waals surface area contributed by atoms with Gasteiger partial charge in [0, 0.05) is 30.0 Å². The predicted octanol–water partition coefficient (Wildman–Crippen LogP) is 2.77. The molecule has 2 atom stereocenters. The fourth-order valence-corrected chi connectivity index (χ4v) is 4.01. The predicted molar refractivity (Wildman–Crippen MR) is 102 cm³/mol. The number of cyclic esters (lactones) is 1. The van der Waals surface area contributed by atoms with Gasteiger partial charge in [0.05, 0.1) is 36.6 Å². The number of amides is 2. The second-order valence-corrected chi connectivity index (χ2v) is 7.01. The van der Waals surface area contributed by atoms with Crippen molar-refractivity contribution in [2.75, 3.05) is 18.6 Å². The minimum atomic E-state index is -0.600. The van der Waals surface area contributed by atoms with Gasteiger partial charge in [-0.15, -0.1) is 0 Å². The lowest BCUT2D eigenvalue weighted by Gasteiger charge is -2.16. The number of methoxy groups -OCH3 is 1. The second-order valence-electron chi connectivity index (χ2n) is 7.01. The Bertz CT molecular complexity index is 1110. The first-order chi connectivity index (χ1) is 14.0. The second kappa shape index (κ2) is 6.47. The number of alkyl carbamates (subject to hydrolysis) is 1. The number of aromatic nitrogens is 2. The molecule has 0 saturated carbocycles. The number of hydrogen-bond acceptors (Lipinski definition) is 5. The number of halogens is 1. The van der Waals surface area contributed by atoms with Crippen molar-refractivity contribution in [2.45, 2.75) is 18.6 Å². The summed E-state index contributed by atoms with van der Waals surface area (Å²) in [6.45, 7) is 0.123. The normalized spacial score (nSPS) is 19.8. The van der Waals surface area contributed by atoms with Crippen molar-refractivity contribution >= 4 is 28.8 Å². The fourth-order valence-electron chi connectivity index (χ4n) is 4.01. The number of nitrogens with one attached hydrogen (secondary N) is 1. The average Bonchev–Trinajstić information content (AvgIpc) is 3.38. The summed E-state index contributed by atoms with van der Waals surface area (Å²) in [6, 6.07) is 6.54. The smallest absolute Gasteiger partial charge is 0.415 e. The third-order valence-corrected chi connectivity index (χ3v) is 5.37. The van der Waals surface area contributed by atoms with Crippen molar-refractivity contribution in [3.63, 3.8) is 0 Å². The number of benzene rings is 1. The lowest BCUT2D eigenvalue weighted by atomic mass is 10.0. The third-order valence-electron chi connectivity index (χ3n) is 5.37. The van der Waals surface area contributed by atoms with E-state index in [2.05, 4.69) is 15.0 Å². The summed E-state index contributed by atoms with van der Waals surface area (Å²) >= 11 is 0. The minimum absolute atomic E-state index is 0.123. The maximum atomic E-state index is 14.9. The molecule has 1 fully saturated rings. The van der Waals surface area contributed by atoms with Gasteiger partial charge in [0.15, 0.2) is 0 Å². The SMILES string of the molecule is COC(=O)NC[C@@H]1OC(=O)N2c3cc(F)c(-n4cc5cccnc5c4)cc3C[C@@H]12. The molecular weight excluding hydrogens is 379 g/mol. The van der Waals surface area contributed by atoms with Crippen molar-refractivity contribution in [3.05, 3.63) is 54.2 Å². The molecule has 4 heterocycles. The number of anilines is 1. The largest absolute Gasteiger partial charge is 0.453 e. The Kier molecular flexibility index (Phi) is 3.90. The lowest BCUT2D eigenvalue weighted by Crippen LogP contribution is -2.40.